The summed E-state index contributed by atoms with van der Waals surface area (Å²) >= 11 is 7.27. The van der Waals surface area contributed by atoms with Crippen molar-refractivity contribution < 1.29 is 4.79 Å². The lowest BCUT2D eigenvalue weighted by molar-refractivity contribution is 0.112. The number of piperazine rings is 1. The quantitative estimate of drug-likeness (QED) is 0.787. The smallest absolute Gasteiger partial charge is 0.187 e. The molecule has 1 saturated carbocycles. The minimum atomic E-state index is 0.338. The fourth-order valence-electron chi connectivity index (χ4n) is 2.23. The minimum absolute atomic E-state index is 0.338. The minimum Gasteiger partial charge on any atom is -0.345 e. The van der Waals surface area contributed by atoms with Gasteiger partial charge in [0.05, 0.1) is 0 Å². The van der Waals surface area contributed by atoms with Crippen LogP contribution in [0.25, 0.3) is 0 Å². The summed E-state index contributed by atoms with van der Waals surface area (Å²) in [6.07, 6.45) is 3.50. The number of hydrogen-bond acceptors (Lipinski definition) is 5. The average Bonchev–Trinajstić information content (AvgIpc) is 3.13. The van der Waals surface area contributed by atoms with E-state index in [2.05, 4.69) is 14.8 Å². The van der Waals surface area contributed by atoms with Crippen LogP contribution in [0.5, 0.6) is 0 Å². The topological polar surface area (TPSA) is 36.4 Å². The predicted molar refractivity (Wildman–Crippen MR) is 69.3 cm³/mol. The molecule has 2 heterocycles. The Hall–Kier alpha value is -0.650. The zero-order valence-electron chi connectivity index (χ0n) is 9.43. The van der Waals surface area contributed by atoms with E-state index in [0.717, 1.165) is 43.6 Å². The van der Waals surface area contributed by atoms with E-state index in [0.29, 0.717) is 10.0 Å². The lowest BCUT2D eigenvalue weighted by Crippen LogP contribution is -2.47. The average molecular weight is 272 g/mol. The first kappa shape index (κ1) is 11.4. The lowest BCUT2D eigenvalue weighted by atomic mass is 10.3. The highest BCUT2D eigenvalue weighted by Crippen LogP contribution is 2.31. The van der Waals surface area contributed by atoms with Gasteiger partial charge in [0.25, 0.3) is 0 Å². The molecule has 3 rings (SSSR count). The van der Waals surface area contributed by atoms with Gasteiger partial charge in [-0.1, -0.05) is 22.9 Å². The Balaban J connectivity index is 1.66. The van der Waals surface area contributed by atoms with Gasteiger partial charge in [-0.05, 0) is 12.8 Å². The second-order valence-corrected chi connectivity index (χ2v) is 5.89. The third-order valence-corrected chi connectivity index (χ3v) is 4.80. The van der Waals surface area contributed by atoms with Gasteiger partial charge in [-0.15, -0.1) is 0 Å². The number of hydrogen-bond donors (Lipinski definition) is 0. The SMILES string of the molecule is O=Cc1sc(N2CCN(C3CC3)CC2)nc1Cl. The van der Waals surface area contributed by atoms with Gasteiger partial charge in [0.2, 0.25) is 0 Å². The third kappa shape index (κ3) is 2.32. The van der Waals surface area contributed by atoms with Crippen LogP contribution in [0.2, 0.25) is 5.15 Å². The van der Waals surface area contributed by atoms with Crippen molar-refractivity contribution in [2.24, 2.45) is 0 Å². The number of aromatic nitrogens is 1. The predicted octanol–water partition coefficient (Wildman–Crippen LogP) is 1.89. The lowest BCUT2D eigenvalue weighted by Gasteiger charge is -2.34. The number of nitrogens with zero attached hydrogens (tertiary/aromatic N) is 3. The van der Waals surface area contributed by atoms with Crippen LogP contribution in [0, 0.1) is 0 Å². The van der Waals surface area contributed by atoms with Crippen LogP contribution >= 0.6 is 22.9 Å². The number of anilines is 1. The van der Waals surface area contributed by atoms with Gasteiger partial charge in [0, 0.05) is 32.2 Å². The van der Waals surface area contributed by atoms with Crippen molar-refractivity contribution in [1.29, 1.82) is 0 Å². The van der Waals surface area contributed by atoms with Crippen LogP contribution in [0.3, 0.4) is 0 Å². The van der Waals surface area contributed by atoms with Crippen LogP contribution in [0.15, 0.2) is 0 Å². The van der Waals surface area contributed by atoms with E-state index in [9.17, 15) is 4.79 Å². The second kappa shape index (κ2) is 4.55. The molecular weight excluding hydrogens is 258 g/mol. The largest absolute Gasteiger partial charge is 0.345 e. The molecule has 0 amide bonds. The number of rotatable bonds is 3. The maximum absolute atomic E-state index is 10.7. The highest BCUT2D eigenvalue weighted by molar-refractivity contribution is 7.17. The highest BCUT2D eigenvalue weighted by atomic mass is 35.5. The number of carbonyl (C=O) groups excluding carboxylic acids is 1. The van der Waals surface area contributed by atoms with E-state index in [-0.39, 0.29) is 0 Å². The van der Waals surface area contributed by atoms with Crippen LogP contribution in [0.4, 0.5) is 5.13 Å². The molecule has 1 aromatic heterocycles. The molecule has 2 fully saturated rings. The fourth-order valence-corrected chi connectivity index (χ4v) is 3.34. The molecule has 1 aliphatic heterocycles. The molecule has 92 valence electrons. The Labute approximate surface area is 109 Å². The molecule has 4 nitrogen and oxygen atoms in total. The summed E-state index contributed by atoms with van der Waals surface area (Å²) in [4.78, 5) is 20.3. The molecule has 2 aliphatic rings. The van der Waals surface area contributed by atoms with Crippen molar-refractivity contribution in [3.63, 3.8) is 0 Å². The Kier molecular flexibility index (Phi) is 3.06. The maximum atomic E-state index is 10.7. The molecule has 6 heteroatoms. The Bertz CT molecular complexity index is 424. The molecule has 0 bridgehead atoms. The number of aldehydes is 1. The molecule has 0 radical (unpaired) electrons. The summed E-state index contributed by atoms with van der Waals surface area (Å²) in [6.45, 7) is 4.16. The highest BCUT2D eigenvalue weighted by Gasteiger charge is 2.31. The first-order valence-corrected chi connectivity index (χ1v) is 7.08. The Morgan fingerprint density at radius 2 is 2.00 bits per heavy atom. The van der Waals surface area contributed by atoms with Crippen molar-refractivity contribution in [3.8, 4) is 0 Å². The summed E-state index contributed by atoms with van der Waals surface area (Å²) in [5, 5.41) is 1.22. The molecule has 1 saturated heterocycles. The summed E-state index contributed by atoms with van der Waals surface area (Å²) in [5.41, 5.74) is 0. The summed E-state index contributed by atoms with van der Waals surface area (Å²) in [5.74, 6) is 0. The number of thiazole rings is 1. The molecule has 1 aliphatic carbocycles. The van der Waals surface area contributed by atoms with E-state index < -0.39 is 0 Å². The first-order valence-electron chi connectivity index (χ1n) is 5.88. The van der Waals surface area contributed by atoms with Crippen LogP contribution in [0.1, 0.15) is 22.5 Å². The van der Waals surface area contributed by atoms with Gasteiger partial charge < -0.3 is 4.90 Å². The molecule has 0 unspecified atom stereocenters. The monoisotopic (exact) mass is 271 g/mol. The van der Waals surface area contributed by atoms with E-state index in [1.54, 1.807) is 0 Å². The van der Waals surface area contributed by atoms with Crippen molar-refractivity contribution in [1.82, 2.24) is 9.88 Å². The van der Waals surface area contributed by atoms with Crippen molar-refractivity contribution >= 4 is 34.4 Å². The molecular formula is C11H14ClN3OS. The first-order chi connectivity index (χ1) is 8.28. The normalized spacial score (nSPS) is 21.8. The summed E-state index contributed by atoms with van der Waals surface area (Å²) < 4.78 is 0. The zero-order valence-corrected chi connectivity index (χ0v) is 11.0. The molecule has 0 N–H and O–H groups in total. The Morgan fingerprint density at radius 3 is 2.53 bits per heavy atom. The van der Waals surface area contributed by atoms with Crippen molar-refractivity contribution in [3.05, 3.63) is 10.0 Å². The van der Waals surface area contributed by atoms with E-state index >= 15 is 0 Å². The van der Waals surface area contributed by atoms with Gasteiger partial charge in [0.15, 0.2) is 16.6 Å². The Morgan fingerprint density at radius 1 is 1.29 bits per heavy atom. The molecule has 0 aromatic carbocycles. The third-order valence-electron chi connectivity index (χ3n) is 3.35. The van der Waals surface area contributed by atoms with E-state index in [1.165, 1.54) is 24.2 Å². The molecule has 17 heavy (non-hydrogen) atoms. The van der Waals surface area contributed by atoms with E-state index in [4.69, 9.17) is 11.6 Å². The summed E-state index contributed by atoms with van der Waals surface area (Å²) in [6, 6.07) is 0.836. The standard InChI is InChI=1S/C11H14ClN3OS/c12-10-9(7-16)17-11(13-10)15-5-3-14(4-6-15)8-1-2-8/h7-8H,1-6H2. The fraction of sp³-hybridized carbons (Fsp3) is 0.636. The van der Waals surface area contributed by atoms with Gasteiger partial charge in [0.1, 0.15) is 4.88 Å². The second-order valence-electron chi connectivity index (χ2n) is 4.52. The number of carbonyl (C=O) groups is 1. The van der Waals surface area contributed by atoms with Gasteiger partial charge >= 0.3 is 0 Å². The van der Waals surface area contributed by atoms with Crippen LogP contribution in [-0.4, -0.2) is 48.4 Å². The van der Waals surface area contributed by atoms with Crippen LogP contribution in [-0.2, 0) is 0 Å². The molecule has 0 spiro atoms. The maximum Gasteiger partial charge on any atom is 0.187 e. The van der Waals surface area contributed by atoms with Gasteiger partial charge in [-0.2, -0.15) is 0 Å². The molecule has 0 atom stereocenters. The van der Waals surface area contributed by atoms with Gasteiger partial charge in [-0.25, -0.2) is 4.98 Å². The summed E-state index contributed by atoms with van der Waals surface area (Å²) in [7, 11) is 0. The van der Waals surface area contributed by atoms with Crippen LogP contribution < -0.4 is 4.90 Å². The van der Waals surface area contributed by atoms with Crippen molar-refractivity contribution in [2.75, 3.05) is 31.1 Å². The van der Waals surface area contributed by atoms with Crippen molar-refractivity contribution in [2.45, 2.75) is 18.9 Å². The molecule has 1 aromatic rings. The van der Waals surface area contributed by atoms with Gasteiger partial charge in [-0.3, -0.25) is 9.69 Å². The van der Waals surface area contributed by atoms with E-state index in [1.807, 2.05) is 0 Å². The number of halogens is 1. The zero-order chi connectivity index (χ0) is 11.8.